The molecule has 0 aliphatic heterocycles. The van der Waals surface area contributed by atoms with Crippen LogP contribution in [-0.4, -0.2) is 29.7 Å². The molecule has 1 rings (SSSR count). The Labute approximate surface area is 117 Å². The molecule has 6 heteroatoms. The Morgan fingerprint density at radius 2 is 2.10 bits per heavy atom. The number of phenols is 1. The van der Waals surface area contributed by atoms with E-state index in [0.717, 1.165) is 0 Å². The van der Waals surface area contributed by atoms with Gasteiger partial charge in [-0.05, 0) is 23.6 Å². The van der Waals surface area contributed by atoms with E-state index in [9.17, 15) is 14.7 Å². The van der Waals surface area contributed by atoms with Gasteiger partial charge in [-0.15, -0.1) is 0 Å². The van der Waals surface area contributed by atoms with Crippen molar-refractivity contribution in [2.24, 2.45) is 11.0 Å². The van der Waals surface area contributed by atoms with Crippen LogP contribution in [0.15, 0.2) is 29.4 Å². The molecule has 0 radical (unpaired) electrons. The van der Waals surface area contributed by atoms with Crippen LogP contribution in [0.5, 0.6) is 5.75 Å². The van der Waals surface area contributed by atoms with E-state index in [1.165, 1.54) is 18.3 Å². The molecule has 0 heterocycles. The van der Waals surface area contributed by atoms with Gasteiger partial charge in [0.25, 0.3) is 0 Å². The molecule has 6 nitrogen and oxygen atoms in total. The Morgan fingerprint density at radius 3 is 2.75 bits per heavy atom. The molecule has 108 valence electrons. The molecule has 0 aromatic heterocycles. The molecule has 0 bridgehead atoms. The first-order valence-electron chi connectivity index (χ1n) is 6.35. The van der Waals surface area contributed by atoms with Crippen LogP contribution >= 0.6 is 0 Å². The monoisotopic (exact) mass is 277 g/mol. The van der Waals surface area contributed by atoms with Crippen molar-refractivity contribution < 1.29 is 14.7 Å². The number of amides is 2. The van der Waals surface area contributed by atoms with E-state index < -0.39 is 5.91 Å². The molecule has 1 aromatic rings. The maximum atomic E-state index is 11.4. The Hall–Kier alpha value is -2.37. The third-order valence-electron chi connectivity index (χ3n) is 2.30. The van der Waals surface area contributed by atoms with Gasteiger partial charge in [0, 0.05) is 6.54 Å². The number of carbonyl (C=O) groups is 2. The number of hydrogen-bond donors (Lipinski definition) is 3. The molecule has 0 unspecified atom stereocenters. The third kappa shape index (κ3) is 6.53. The van der Waals surface area contributed by atoms with Crippen LogP contribution in [0.3, 0.4) is 0 Å². The van der Waals surface area contributed by atoms with E-state index in [4.69, 9.17) is 0 Å². The number of hydrazone groups is 1. The van der Waals surface area contributed by atoms with E-state index in [2.05, 4.69) is 15.8 Å². The fraction of sp³-hybridized carbons (Fsp3) is 0.357. The summed E-state index contributed by atoms with van der Waals surface area (Å²) in [6, 6.07) is 6.43. The standard InChI is InChI=1S/C14H19N3O3/c1-10(2)8-15-13(19)7-14(20)17-16-9-11-4-3-5-12(18)6-11/h3-6,9-10,18H,7-8H2,1-2H3,(H,15,19)(H,17,20)/b16-9-. The average Bonchev–Trinajstić information content (AvgIpc) is 2.36. The van der Waals surface area contributed by atoms with Crippen molar-refractivity contribution in [3.05, 3.63) is 29.8 Å². The van der Waals surface area contributed by atoms with Crippen LogP contribution in [-0.2, 0) is 9.59 Å². The maximum Gasteiger partial charge on any atom is 0.249 e. The minimum atomic E-state index is -0.484. The number of rotatable bonds is 6. The highest BCUT2D eigenvalue weighted by Gasteiger charge is 2.08. The largest absolute Gasteiger partial charge is 0.508 e. The van der Waals surface area contributed by atoms with Crippen LogP contribution in [0.25, 0.3) is 0 Å². The summed E-state index contributed by atoms with van der Waals surface area (Å²) in [4.78, 5) is 22.8. The predicted octanol–water partition coefficient (Wildman–Crippen LogP) is 1.00. The number of hydrogen-bond acceptors (Lipinski definition) is 4. The molecule has 0 spiro atoms. The summed E-state index contributed by atoms with van der Waals surface area (Å²) in [6.07, 6.45) is 1.13. The molecule has 0 atom stereocenters. The van der Waals surface area contributed by atoms with Crippen molar-refractivity contribution >= 4 is 18.0 Å². The number of carbonyl (C=O) groups excluding carboxylic acids is 2. The van der Waals surface area contributed by atoms with Gasteiger partial charge in [0.2, 0.25) is 11.8 Å². The highest BCUT2D eigenvalue weighted by molar-refractivity contribution is 5.97. The lowest BCUT2D eigenvalue weighted by Gasteiger charge is -2.06. The van der Waals surface area contributed by atoms with Crippen molar-refractivity contribution in [1.82, 2.24) is 10.7 Å². The molecule has 0 aliphatic carbocycles. The normalized spacial score (nSPS) is 10.8. The fourth-order valence-electron chi connectivity index (χ4n) is 1.35. The Morgan fingerprint density at radius 1 is 1.35 bits per heavy atom. The molecular formula is C14H19N3O3. The van der Waals surface area contributed by atoms with Gasteiger partial charge in [-0.25, -0.2) is 5.43 Å². The predicted molar refractivity (Wildman–Crippen MR) is 76.3 cm³/mol. The van der Waals surface area contributed by atoms with E-state index >= 15 is 0 Å². The van der Waals surface area contributed by atoms with Gasteiger partial charge in [-0.1, -0.05) is 26.0 Å². The van der Waals surface area contributed by atoms with Crippen LogP contribution in [0.4, 0.5) is 0 Å². The first-order chi connectivity index (χ1) is 9.47. The second-order valence-electron chi connectivity index (χ2n) is 4.76. The summed E-state index contributed by atoms with van der Waals surface area (Å²) in [5.41, 5.74) is 2.90. The van der Waals surface area contributed by atoms with E-state index in [-0.39, 0.29) is 18.1 Å². The van der Waals surface area contributed by atoms with Crippen LogP contribution in [0.1, 0.15) is 25.8 Å². The van der Waals surface area contributed by atoms with Crippen LogP contribution < -0.4 is 10.7 Å². The van der Waals surface area contributed by atoms with Gasteiger partial charge >= 0.3 is 0 Å². The topological polar surface area (TPSA) is 90.8 Å². The smallest absolute Gasteiger partial charge is 0.249 e. The van der Waals surface area contributed by atoms with Crippen molar-refractivity contribution in [3.63, 3.8) is 0 Å². The number of phenolic OH excluding ortho intramolecular Hbond substituents is 1. The number of nitrogens with zero attached hydrogens (tertiary/aromatic N) is 1. The lowest BCUT2D eigenvalue weighted by Crippen LogP contribution is -2.32. The van der Waals surface area contributed by atoms with Gasteiger partial charge in [0.05, 0.1) is 6.21 Å². The molecular weight excluding hydrogens is 258 g/mol. The average molecular weight is 277 g/mol. The Balaban J connectivity index is 2.34. The minimum Gasteiger partial charge on any atom is -0.508 e. The number of aromatic hydroxyl groups is 1. The van der Waals surface area contributed by atoms with E-state index in [1.54, 1.807) is 12.1 Å². The fourth-order valence-corrected chi connectivity index (χ4v) is 1.35. The zero-order valence-corrected chi connectivity index (χ0v) is 11.6. The first kappa shape index (κ1) is 15.7. The van der Waals surface area contributed by atoms with Crippen molar-refractivity contribution in [2.45, 2.75) is 20.3 Å². The zero-order chi connectivity index (χ0) is 15.0. The van der Waals surface area contributed by atoms with Crippen molar-refractivity contribution in [1.29, 1.82) is 0 Å². The Kier molecular flexibility index (Phi) is 6.22. The molecule has 20 heavy (non-hydrogen) atoms. The van der Waals surface area contributed by atoms with Gasteiger partial charge in [0.15, 0.2) is 0 Å². The third-order valence-corrected chi connectivity index (χ3v) is 2.30. The minimum absolute atomic E-state index is 0.119. The maximum absolute atomic E-state index is 11.4. The number of nitrogens with one attached hydrogen (secondary N) is 2. The Bertz CT molecular complexity index is 498. The van der Waals surface area contributed by atoms with Crippen molar-refractivity contribution in [3.8, 4) is 5.75 Å². The first-order valence-corrected chi connectivity index (χ1v) is 6.35. The summed E-state index contributed by atoms with van der Waals surface area (Å²) >= 11 is 0. The summed E-state index contributed by atoms with van der Waals surface area (Å²) in [5.74, 6) is -0.356. The lowest BCUT2D eigenvalue weighted by molar-refractivity contribution is -0.129. The molecule has 1 aromatic carbocycles. The molecule has 0 saturated heterocycles. The molecule has 0 saturated carbocycles. The SMILES string of the molecule is CC(C)CNC(=O)CC(=O)N/N=C\c1cccc(O)c1. The van der Waals surface area contributed by atoms with Gasteiger partial charge in [-0.3, -0.25) is 9.59 Å². The van der Waals surface area contributed by atoms with Gasteiger partial charge in [-0.2, -0.15) is 5.10 Å². The summed E-state index contributed by atoms with van der Waals surface area (Å²) in [7, 11) is 0. The highest BCUT2D eigenvalue weighted by atomic mass is 16.3. The van der Waals surface area contributed by atoms with Crippen molar-refractivity contribution in [2.75, 3.05) is 6.54 Å². The molecule has 0 aliphatic rings. The molecule has 2 amide bonds. The van der Waals surface area contributed by atoms with Crippen LogP contribution in [0, 0.1) is 5.92 Å². The quantitative estimate of drug-likeness (QED) is 0.411. The van der Waals surface area contributed by atoms with E-state index in [0.29, 0.717) is 18.0 Å². The second-order valence-corrected chi connectivity index (χ2v) is 4.76. The van der Waals surface area contributed by atoms with Crippen LogP contribution in [0.2, 0.25) is 0 Å². The summed E-state index contributed by atoms with van der Waals surface area (Å²) in [5, 5.41) is 15.6. The highest BCUT2D eigenvalue weighted by Crippen LogP contribution is 2.08. The summed E-state index contributed by atoms with van der Waals surface area (Å²) in [6.45, 7) is 4.48. The molecule has 0 fully saturated rings. The van der Waals surface area contributed by atoms with Gasteiger partial charge in [0.1, 0.15) is 12.2 Å². The zero-order valence-electron chi connectivity index (χ0n) is 11.6. The summed E-state index contributed by atoms with van der Waals surface area (Å²) < 4.78 is 0. The molecule has 3 N–H and O–H groups in total. The van der Waals surface area contributed by atoms with E-state index in [1.807, 2.05) is 13.8 Å². The lowest BCUT2D eigenvalue weighted by atomic mass is 10.2. The van der Waals surface area contributed by atoms with Gasteiger partial charge < -0.3 is 10.4 Å². The second kappa shape index (κ2) is 7.93. The number of benzene rings is 1.